The van der Waals surface area contributed by atoms with Gasteiger partial charge < -0.3 is 4.57 Å². The molecule has 1 aliphatic heterocycles. The second kappa shape index (κ2) is 5.77. The Kier molecular flexibility index (Phi) is 4.11. The standard InChI is InChI=1S/C14H13Cl2N3O2S/c1-18-14(21)10(11(20)13(17-18)22-2)19-8-6-4-3-5-7(8)9(15)12(19)16/h3-6,10,13,17H,1-2H3. The molecule has 1 aliphatic rings. The number of likely N-dealkylation sites (N-methyl/N-ethyl adjacent to an activating group) is 1. The molecule has 22 heavy (non-hydrogen) atoms. The number of amides is 1. The van der Waals surface area contributed by atoms with Gasteiger partial charge in [0.15, 0.2) is 11.8 Å². The number of fused-ring (bicyclic) bond motifs is 1. The molecule has 2 unspecified atom stereocenters. The van der Waals surface area contributed by atoms with E-state index in [-0.39, 0.29) is 16.8 Å². The summed E-state index contributed by atoms with van der Waals surface area (Å²) in [6, 6.07) is 6.23. The summed E-state index contributed by atoms with van der Waals surface area (Å²) < 4.78 is 1.52. The Hall–Kier alpha value is -1.21. The summed E-state index contributed by atoms with van der Waals surface area (Å²) in [4.78, 5) is 25.2. The molecule has 1 fully saturated rings. The summed E-state index contributed by atoms with van der Waals surface area (Å²) in [5.74, 6) is -0.607. The summed E-state index contributed by atoms with van der Waals surface area (Å²) >= 11 is 13.9. The van der Waals surface area contributed by atoms with E-state index >= 15 is 0 Å². The first kappa shape index (κ1) is 15.7. The lowest BCUT2D eigenvalue weighted by Gasteiger charge is -2.35. The van der Waals surface area contributed by atoms with Crippen LogP contribution in [0.25, 0.3) is 10.9 Å². The molecule has 116 valence electrons. The van der Waals surface area contributed by atoms with Crippen LogP contribution in [0.15, 0.2) is 24.3 Å². The fourth-order valence-corrected chi connectivity index (χ4v) is 3.77. The molecule has 1 N–H and O–H groups in total. The summed E-state index contributed by atoms with van der Waals surface area (Å²) in [5, 5.41) is 2.08. The summed E-state index contributed by atoms with van der Waals surface area (Å²) in [6.07, 6.45) is 1.80. The Morgan fingerprint density at radius 1 is 1.23 bits per heavy atom. The van der Waals surface area contributed by atoms with E-state index in [0.29, 0.717) is 10.5 Å². The van der Waals surface area contributed by atoms with Crippen molar-refractivity contribution in [2.45, 2.75) is 11.4 Å². The fourth-order valence-electron chi connectivity index (χ4n) is 2.60. The first-order valence-corrected chi connectivity index (χ1v) is 8.56. The number of Topliss-reactive ketones (excluding diaryl/α,β-unsaturated/α-hetero) is 1. The predicted molar refractivity (Wildman–Crippen MR) is 89.2 cm³/mol. The Balaban J connectivity index is 2.23. The van der Waals surface area contributed by atoms with Gasteiger partial charge in [-0.2, -0.15) is 0 Å². The van der Waals surface area contributed by atoms with Crippen LogP contribution in [0.1, 0.15) is 6.04 Å². The number of carbonyl (C=O) groups is 2. The van der Waals surface area contributed by atoms with Crippen LogP contribution in [0, 0.1) is 0 Å². The van der Waals surface area contributed by atoms with Crippen LogP contribution in [-0.4, -0.2) is 39.9 Å². The largest absolute Gasteiger partial charge is 0.311 e. The first-order chi connectivity index (χ1) is 10.5. The van der Waals surface area contributed by atoms with Crippen LogP contribution in [0.3, 0.4) is 0 Å². The molecule has 0 saturated carbocycles. The Morgan fingerprint density at radius 2 is 1.91 bits per heavy atom. The van der Waals surface area contributed by atoms with Crippen LogP contribution in [0.4, 0.5) is 0 Å². The highest BCUT2D eigenvalue weighted by Crippen LogP contribution is 2.38. The lowest BCUT2D eigenvalue weighted by molar-refractivity contribution is -0.147. The summed E-state index contributed by atoms with van der Waals surface area (Å²) in [5.41, 5.74) is 3.51. The smallest absolute Gasteiger partial charge is 0.267 e. The minimum atomic E-state index is -1.02. The zero-order valence-corrected chi connectivity index (χ0v) is 14.2. The summed E-state index contributed by atoms with van der Waals surface area (Å²) in [6.45, 7) is 0. The third-order valence-corrected chi connectivity index (χ3v) is 5.35. The van der Waals surface area contributed by atoms with Gasteiger partial charge in [0.25, 0.3) is 5.91 Å². The molecule has 8 heteroatoms. The Morgan fingerprint density at radius 3 is 2.59 bits per heavy atom. The lowest BCUT2D eigenvalue weighted by atomic mass is 10.1. The molecular formula is C14H13Cl2N3O2S. The van der Waals surface area contributed by atoms with Gasteiger partial charge in [-0.05, 0) is 12.3 Å². The van der Waals surface area contributed by atoms with Crippen molar-refractivity contribution in [3.8, 4) is 0 Å². The fraction of sp³-hybridized carbons (Fsp3) is 0.286. The molecule has 0 aliphatic carbocycles. The quantitative estimate of drug-likeness (QED) is 0.839. The molecule has 1 saturated heterocycles. The maximum Gasteiger partial charge on any atom is 0.267 e. The van der Waals surface area contributed by atoms with Crippen molar-refractivity contribution in [3.05, 3.63) is 34.4 Å². The number of nitrogens with zero attached hydrogens (tertiary/aromatic N) is 2. The van der Waals surface area contributed by atoms with Gasteiger partial charge in [0.2, 0.25) is 0 Å². The lowest BCUT2D eigenvalue weighted by Crippen LogP contribution is -2.58. The monoisotopic (exact) mass is 357 g/mol. The number of nitrogens with one attached hydrogen (secondary N) is 1. The Bertz CT molecular complexity index is 777. The van der Waals surface area contributed by atoms with Crippen LogP contribution >= 0.6 is 35.0 Å². The molecule has 0 bridgehead atoms. The van der Waals surface area contributed by atoms with Crippen LogP contribution < -0.4 is 5.43 Å². The molecule has 1 aromatic carbocycles. The summed E-state index contributed by atoms with van der Waals surface area (Å²) in [7, 11) is 1.59. The third kappa shape index (κ3) is 2.22. The van der Waals surface area contributed by atoms with E-state index in [0.717, 1.165) is 5.39 Å². The number of ketones is 1. The number of benzene rings is 1. The van der Waals surface area contributed by atoms with E-state index in [1.165, 1.54) is 21.3 Å². The van der Waals surface area contributed by atoms with Gasteiger partial charge >= 0.3 is 0 Å². The van der Waals surface area contributed by atoms with Crippen molar-refractivity contribution < 1.29 is 9.59 Å². The minimum absolute atomic E-state index is 0.199. The molecule has 2 atom stereocenters. The van der Waals surface area contributed by atoms with E-state index in [1.54, 1.807) is 19.4 Å². The van der Waals surface area contributed by atoms with Gasteiger partial charge in [0, 0.05) is 12.4 Å². The number of thioether (sulfide) groups is 1. The molecule has 1 aromatic heterocycles. The van der Waals surface area contributed by atoms with Crippen LogP contribution in [0.2, 0.25) is 10.2 Å². The van der Waals surface area contributed by atoms with Crippen molar-refractivity contribution in [2.24, 2.45) is 0 Å². The first-order valence-electron chi connectivity index (χ1n) is 6.51. The van der Waals surface area contributed by atoms with Crippen molar-refractivity contribution in [1.82, 2.24) is 15.0 Å². The van der Waals surface area contributed by atoms with Gasteiger partial charge in [-0.3, -0.25) is 14.6 Å². The number of halogens is 2. The zero-order chi connectivity index (χ0) is 16.0. The highest BCUT2D eigenvalue weighted by molar-refractivity contribution is 7.99. The highest BCUT2D eigenvalue weighted by atomic mass is 35.5. The van der Waals surface area contributed by atoms with Crippen molar-refractivity contribution >= 4 is 57.6 Å². The normalized spacial score (nSPS) is 22.6. The van der Waals surface area contributed by atoms with Crippen molar-refractivity contribution in [2.75, 3.05) is 13.3 Å². The van der Waals surface area contributed by atoms with E-state index in [2.05, 4.69) is 5.43 Å². The number of hydrogen-bond donors (Lipinski definition) is 1. The van der Waals surface area contributed by atoms with E-state index in [9.17, 15) is 9.59 Å². The molecule has 0 spiro atoms. The molecule has 2 heterocycles. The molecule has 2 aromatic rings. The molecule has 3 rings (SSSR count). The number of carbonyl (C=O) groups excluding carboxylic acids is 2. The maximum absolute atomic E-state index is 12.7. The van der Waals surface area contributed by atoms with E-state index in [4.69, 9.17) is 23.2 Å². The van der Waals surface area contributed by atoms with Gasteiger partial charge in [0.1, 0.15) is 10.5 Å². The average molecular weight is 358 g/mol. The van der Waals surface area contributed by atoms with Gasteiger partial charge in [0.05, 0.1) is 10.5 Å². The second-order valence-electron chi connectivity index (χ2n) is 4.94. The van der Waals surface area contributed by atoms with Crippen LogP contribution in [0.5, 0.6) is 0 Å². The number of hydrazine groups is 1. The van der Waals surface area contributed by atoms with Crippen LogP contribution in [-0.2, 0) is 9.59 Å². The highest BCUT2D eigenvalue weighted by Gasteiger charge is 2.42. The molecule has 5 nitrogen and oxygen atoms in total. The number of aromatic nitrogens is 1. The third-order valence-electron chi connectivity index (χ3n) is 3.69. The number of rotatable bonds is 2. The van der Waals surface area contributed by atoms with Gasteiger partial charge in [-0.1, -0.05) is 41.4 Å². The second-order valence-corrected chi connectivity index (χ2v) is 6.62. The van der Waals surface area contributed by atoms with Gasteiger partial charge in [-0.15, -0.1) is 11.8 Å². The predicted octanol–water partition coefficient (Wildman–Crippen LogP) is 2.72. The number of para-hydroxylation sites is 1. The average Bonchev–Trinajstić information content (AvgIpc) is 2.77. The molecule has 1 amide bonds. The van der Waals surface area contributed by atoms with Gasteiger partial charge in [-0.25, -0.2) is 5.43 Å². The topological polar surface area (TPSA) is 54.3 Å². The van der Waals surface area contributed by atoms with E-state index < -0.39 is 11.4 Å². The van der Waals surface area contributed by atoms with Crippen molar-refractivity contribution in [3.63, 3.8) is 0 Å². The molecule has 0 radical (unpaired) electrons. The zero-order valence-electron chi connectivity index (χ0n) is 11.8. The number of hydrogen-bond acceptors (Lipinski definition) is 4. The molecular weight excluding hydrogens is 345 g/mol. The minimum Gasteiger partial charge on any atom is -0.311 e. The van der Waals surface area contributed by atoms with Crippen molar-refractivity contribution in [1.29, 1.82) is 0 Å². The Labute approximate surface area is 141 Å². The maximum atomic E-state index is 12.7. The van der Waals surface area contributed by atoms with E-state index in [1.807, 2.05) is 18.2 Å². The SMILES string of the molecule is CSC1NN(C)C(=O)C(n2c(Cl)c(Cl)c3ccccc32)C1=O.